The zero-order chi connectivity index (χ0) is 19.3. The molecule has 0 aromatic heterocycles. The Morgan fingerprint density at radius 2 is 1.68 bits per heavy atom. The summed E-state index contributed by atoms with van der Waals surface area (Å²) in [5.74, 6) is 0.668. The molecule has 1 unspecified atom stereocenters. The molecule has 4 rings (SSSR count). The van der Waals surface area contributed by atoms with Gasteiger partial charge in [0.2, 0.25) is 0 Å². The van der Waals surface area contributed by atoms with Crippen molar-refractivity contribution >= 4 is 11.6 Å². The van der Waals surface area contributed by atoms with Crippen LogP contribution in [0.4, 0.5) is 5.69 Å². The molecule has 0 aliphatic carbocycles. The van der Waals surface area contributed by atoms with Gasteiger partial charge in [0.25, 0.3) is 5.91 Å². The van der Waals surface area contributed by atoms with Gasteiger partial charge in [0.05, 0.1) is 13.7 Å². The van der Waals surface area contributed by atoms with Gasteiger partial charge in [0, 0.05) is 28.8 Å². The quantitative estimate of drug-likeness (QED) is 0.722. The lowest BCUT2D eigenvalue weighted by atomic mass is 9.99. The van der Waals surface area contributed by atoms with Crippen molar-refractivity contribution < 1.29 is 14.4 Å². The molecule has 4 nitrogen and oxygen atoms in total. The molecule has 1 amide bonds. The zero-order valence-electron chi connectivity index (χ0n) is 16.1. The van der Waals surface area contributed by atoms with Crippen LogP contribution in [0.15, 0.2) is 72.8 Å². The van der Waals surface area contributed by atoms with Gasteiger partial charge in [-0.05, 0) is 42.0 Å². The summed E-state index contributed by atoms with van der Waals surface area (Å²) in [6.45, 7) is 3.20. The molecular weight excluding hydrogens is 348 g/mol. The van der Waals surface area contributed by atoms with E-state index >= 15 is 0 Å². The van der Waals surface area contributed by atoms with Crippen LogP contribution < -0.4 is 15.0 Å². The number of rotatable bonds is 5. The van der Waals surface area contributed by atoms with E-state index in [0.29, 0.717) is 5.56 Å². The lowest BCUT2D eigenvalue weighted by molar-refractivity contribution is -0.929. The number of ether oxygens (including phenoxy) is 1. The average Bonchev–Trinajstić information content (AvgIpc) is 2.75. The Bertz CT molecular complexity index is 949. The average molecular weight is 373 g/mol. The highest BCUT2D eigenvalue weighted by Crippen LogP contribution is 2.16. The molecule has 0 fully saturated rings. The molecule has 0 saturated heterocycles. The van der Waals surface area contributed by atoms with Crippen LogP contribution in [0.2, 0.25) is 0 Å². The first-order valence-corrected chi connectivity index (χ1v) is 9.66. The summed E-state index contributed by atoms with van der Waals surface area (Å²) < 4.78 is 5.14. The van der Waals surface area contributed by atoms with Gasteiger partial charge in [0.15, 0.2) is 0 Å². The number of amides is 1. The second kappa shape index (κ2) is 8.28. The first-order valence-electron chi connectivity index (χ1n) is 9.66. The number of benzene rings is 3. The predicted molar refractivity (Wildman–Crippen MR) is 111 cm³/mol. The number of methoxy groups -OCH3 is 1. The van der Waals surface area contributed by atoms with Crippen LogP contribution in [0.25, 0.3) is 0 Å². The Morgan fingerprint density at radius 3 is 2.39 bits per heavy atom. The molecule has 0 saturated carbocycles. The van der Waals surface area contributed by atoms with Crippen molar-refractivity contribution in [2.45, 2.75) is 19.5 Å². The third-order valence-electron chi connectivity index (χ3n) is 5.32. The van der Waals surface area contributed by atoms with Gasteiger partial charge < -0.3 is 15.0 Å². The number of nitrogens with one attached hydrogen (secondary N) is 2. The van der Waals surface area contributed by atoms with E-state index in [0.717, 1.165) is 37.5 Å². The Kier molecular flexibility index (Phi) is 5.40. The smallest absolute Gasteiger partial charge is 0.255 e. The van der Waals surface area contributed by atoms with Gasteiger partial charge in [-0.15, -0.1) is 0 Å². The van der Waals surface area contributed by atoms with Gasteiger partial charge in [-0.1, -0.05) is 36.4 Å². The molecule has 1 heterocycles. The fourth-order valence-electron chi connectivity index (χ4n) is 3.73. The van der Waals surface area contributed by atoms with E-state index < -0.39 is 0 Å². The number of carbonyl (C=O) groups excluding carboxylic acids is 1. The van der Waals surface area contributed by atoms with Gasteiger partial charge in [-0.2, -0.15) is 0 Å². The van der Waals surface area contributed by atoms with Crippen molar-refractivity contribution in [3.63, 3.8) is 0 Å². The van der Waals surface area contributed by atoms with Crippen molar-refractivity contribution in [3.8, 4) is 5.75 Å². The largest absolute Gasteiger partial charge is 0.497 e. The number of carbonyl (C=O) groups is 1. The van der Waals surface area contributed by atoms with E-state index in [-0.39, 0.29) is 5.91 Å². The highest BCUT2D eigenvalue weighted by atomic mass is 16.5. The summed E-state index contributed by atoms with van der Waals surface area (Å²) in [5, 5.41) is 2.92. The van der Waals surface area contributed by atoms with Gasteiger partial charge >= 0.3 is 0 Å². The second-order valence-corrected chi connectivity index (χ2v) is 7.25. The van der Waals surface area contributed by atoms with Gasteiger partial charge in [0.1, 0.15) is 18.8 Å². The van der Waals surface area contributed by atoms with E-state index in [2.05, 4.69) is 41.7 Å². The summed E-state index contributed by atoms with van der Waals surface area (Å²) in [7, 11) is 1.62. The third kappa shape index (κ3) is 4.24. The minimum atomic E-state index is -0.101. The number of hydrogen-bond acceptors (Lipinski definition) is 2. The summed E-state index contributed by atoms with van der Waals surface area (Å²) in [4.78, 5) is 14.0. The fraction of sp³-hybridized carbons (Fsp3) is 0.208. The minimum Gasteiger partial charge on any atom is -0.497 e. The van der Waals surface area contributed by atoms with E-state index in [4.69, 9.17) is 4.74 Å². The molecule has 3 aromatic carbocycles. The normalized spacial score (nSPS) is 15.5. The highest BCUT2D eigenvalue weighted by Gasteiger charge is 2.19. The maximum Gasteiger partial charge on any atom is 0.255 e. The SMILES string of the molecule is COc1ccc(NC(=O)c2ccc(C[NH+]3CCc4ccccc4C3)cc2)cc1. The lowest BCUT2D eigenvalue weighted by Crippen LogP contribution is -3.10. The molecule has 28 heavy (non-hydrogen) atoms. The van der Waals surface area contributed by atoms with Crippen molar-refractivity contribution in [2.24, 2.45) is 0 Å². The van der Waals surface area contributed by atoms with E-state index in [1.165, 1.54) is 16.7 Å². The van der Waals surface area contributed by atoms with Crippen LogP contribution in [-0.4, -0.2) is 19.6 Å². The van der Waals surface area contributed by atoms with Crippen LogP contribution >= 0.6 is 0 Å². The van der Waals surface area contributed by atoms with Crippen molar-refractivity contribution in [3.05, 3.63) is 95.1 Å². The van der Waals surface area contributed by atoms with Gasteiger partial charge in [-0.3, -0.25) is 4.79 Å². The Labute approximate surface area is 165 Å². The molecule has 1 aliphatic rings. The highest BCUT2D eigenvalue weighted by molar-refractivity contribution is 6.04. The molecular formula is C24H25N2O2+. The molecule has 0 bridgehead atoms. The molecule has 2 N–H and O–H groups in total. The number of anilines is 1. The molecule has 0 radical (unpaired) electrons. The molecule has 0 spiro atoms. The van der Waals surface area contributed by atoms with Gasteiger partial charge in [-0.25, -0.2) is 0 Å². The molecule has 4 heteroatoms. The Hall–Kier alpha value is -3.11. The third-order valence-corrected chi connectivity index (χ3v) is 5.32. The number of hydrogen-bond donors (Lipinski definition) is 2. The predicted octanol–water partition coefficient (Wildman–Crippen LogP) is 3.09. The summed E-state index contributed by atoms with van der Waals surface area (Å²) in [6, 6.07) is 24.0. The van der Waals surface area contributed by atoms with E-state index in [1.807, 2.05) is 36.4 Å². The fourth-order valence-corrected chi connectivity index (χ4v) is 3.73. The van der Waals surface area contributed by atoms with Crippen LogP contribution in [0, 0.1) is 0 Å². The maximum atomic E-state index is 12.5. The van der Waals surface area contributed by atoms with E-state index in [9.17, 15) is 4.79 Å². The summed E-state index contributed by atoms with van der Waals surface area (Å²) in [6.07, 6.45) is 1.13. The molecule has 1 atom stereocenters. The standard InChI is InChI=1S/C24H24N2O2/c1-28-23-12-10-22(11-13-23)25-24(27)20-8-6-18(7-9-20)16-26-15-14-19-4-2-3-5-21(19)17-26/h2-13H,14-17H2,1H3,(H,25,27)/p+1. The van der Waals surface area contributed by atoms with Crippen LogP contribution in [-0.2, 0) is 19.5 Å². The van der Waals surface area contributed by atoms with E-state index in [1.54, 1.807) is 12.0 Å². The number of fused-ring (bicyclic) bond motifs is 1. The zero-order valence-corrected chi connectivity index (χ0v) is 16.1. The second-order valence-electron chi connectivity index (χ2n) is 7.25. The lowest BCUT2D eigenvalue weighted by Gasteiger charge is -2.26. The minimum absolute atomic E-state index is 0.101. The monoisotopic (exact) mass is 373 g/mol. The summed E-state index contributed by atoms with van der Waals surface area (Å²) >= 11 is 0. The number of quaternary nitrogens is 1. The van der Waals surface area contributed by atoms with Crippen LogP contribution in [0.1, 0.15) is 27.0 Å². The first-order chi connectivity index (χ1) is 13.7. The molecule has 3 aromatic rings. The first kappa shape index (κ1) is 18.3. The molecule has 142 valence electrons. The van der Waals surface area contributed by atoms with Crippen LogP contribution in [0.3, 0.4) is 0 Å². The van der Waals surface area contributed by atoms with Crippen molar-refractivity contribution in [1.29, 1.82) is 0 Å². The molecule has 1 aliphatic heterocycles. The topological polar surface area (TPSA) is 42.8 Å². The Morgan fingerprint density at radius 1 is 0.964 bits per heavy atom. The van der Waals surface area contributed by atoms with Crippen molar-refractivity contribution in [2.75, 3.05) is 19.0 Å². The van der Waals surface area contributed by atoms with Crippen LogP contribution in [0.5, 0.6) is 5.75 Å². The van der Waals surface area contributed by atoms with Crippen molar-refractivity contribution in [1.82, 2.24) is 0 Å². The summed E-state index contributed by atoms with van der Waals surface area (Å²) in [5.41, 5.74) is 5.62. The maximum absolute atomic E-state index is 12.5. The Balaban J connectivity index is 1.36.